The topological polar surface area (TPSA) is 69.6 Å². The number of amides is 2. The van der Waals surface area contributed by atoms with Crippen LogP contribution in [0.1, 0.15) is 46.5 Å². The highest BCUT2D eigenvalue weighted by molar-refractivity contribution is 7.86. The second-order valence-corrected chi connectivity index (χ2v) is 9.19. The van der Waals surface area contributed by atoms with Crippen LogP contribution in [0.15, 0.2) is 0 Å². The molecule has 1 aliphatic carbocycles. The summed E-state index contributed by atoms with van der Waals surface area (Å²) in [5, 5.41) is 12.0. The summed E-state index contributed by atoms with van der Waals surface area (Å²) >= 11 is 0. The normalized spacial score (nSPS) is 24.4. The highest BCUT2D eigenvalue weighted by Crippen LogP contribution is 2.26. The lowest BCUT2D eigenvalue weighted by Crippen LogP contribution is -2.46. The molecule has 124 valence electrons. The molecule has 0 aromatic rings. The average Bonchev–Trinajstić information content (AvgIpc) is 2.45. The Balaban J connectivity index is 2.30. The number of hydrogen-bond acceptors (Lipinski definition) is 3. The minimum Gasteiger partial charge on any atom is -0.396 e. The summed E-state index contributed by atoms with van der Waals surface area (Å²) in [7, 11) is 0.881. The summed E-state index contributed by atoms with van der Waals surface area (Å²) in [4.78, 5) is 13.8. The fourth-order valence-electron chi connectivity index (χ4n) is 2.56. The van der Waals surface area contributed by atoms with Crippen LogP contribution in [0.2, 0.25) is 0 Å². The van der Waals surface area contributed by atoms with Crippen molar-refractivity contribution in [2.24, 2.45) is 5.92 Å². The van der Waals surface area contributed by atoms with Gasteiger partial charge in [0.15, 0.2) is 0 Å². The highest BCUT2D eigenvalue weighted by Gasteiger charge is 2.26. The van der Waals surface area contributed by atoms with E-state index in [1.807, 2.05) is 27.8 Å². The molecule has 0 heterocycles. The number of rotatable bonds is 5. The van der Waals surface area contributed by atoms with Gasteiger partial charge in [-0.05, 0) is 52.4 Å². The molecule has 1 aliphatic rings. The lowest BCUT2D eigenvalue weighted by Gasteiger charge is -2.34. The van der Waals surface area contributed by atoms with E-state index in [1.165, 1.54) is 0 Å². The molecule has 2 amide bonds. The second kappa shape index (κ2) is 8.13. The third kappa shape index (κ3) is 5.94. The van der Waals surface area contributed by atoms with E-state index in [-0.39, 0.29) is 23.4 Å². The van der Waals surface area contributed by atoms with Crippen LogP contribution in [0, 0.1) is 5.92 Å². The number of urea groups is 1. The van der Waals surface area contributed by atoms with Crippen LogP contribution in [-0.4, -0.2) is 57.0 Å². The monoisotopic (exact) mass is 318 g/mol. The quantitative estimate of drug-likeness (QED) is 0.811. The number of aliphatic hydroxyl groups excluding tert-OH is 1. The van der Waals surface area contributed by atoms with E-state index in [9.17, 15) is 9.00 Å². The summed E-state index contributed by atoms with van der Waals surface area (Å²) in [5.41, 5.74) is 0. The van der Waals surface area contributed by atoms with Crippen molar-refractivity contribution in [3.63, 3.8) is 0 Å². The minimum atomic E-state index is -0.939. The Morgan fingerprint density at radius 2 is 1.86 bits per heavy atom. The zero-order chi connectivity index (χ0) is 16.0. The molecule has 1 unspecified atom stereocenters. The van der Waals surface area contributed by atoms with Gasteiger partial charge in [0.1, 0.15) is 0 Å². The number of aliphatic hydroxyl groups is 1. The molecule has 1 fully saturated rings. The van der Waals surface area contributed by atoms with E-state index in [2.05, 4.69) is 5.32 Å². The molecule has 0 aliphatic heterocycles. The van der Waals surface area contributed by atoms with E-state index in [1.54, 1.807) is 4.90 Å². The van der Waals surface area contributed by atoms with Crippen molar-refractivity contribution < 1.29 is 14.1 Å². The van der Waals surface area contributed by atoms with E-state index in [0.29, 0.717) is 18.2 Å². The van der Waals surface area contributed by atoms with Crippen molar-refractivity contribution in [2.75, 3.05) is 26.0 Å². The van der Waals surface area contributed by atoms with Crippen LogP contribution in [0.25, 0.3) is 0 Å². The number of nitrogens with zero attached hydrogens (tertiary/aromatic N) is 1. The fourth-order valence-corrected chi connectivity index (χ4v) is 3.46. The maximum absolute atomic E-state index is 12.1. The molecule has 21 heavy (non-hydrogen) atoms. The Morgan fingerprint density at radius 1 is 1.29 bits per heavy atom. The predicted octanol–water partition coefficient (Wildman–Crippen LogP) is 1.73. The third-order valence-electron chi connectivity index (χ3n) is 4.19. The van der Waals surface area contributed by atoms with Gasteiger partial charge in [-0.1, -0.05) is 0 Å². The lowest BCUT2D eigenvalue weighted by molar-refractivity contribution is 0.134. The molecule has 0 aromatic carbocycles. The Labute approximate surface area is 130 Å². The van der Waals surface area contributed by atoms with Crippen molar-refractivity contribution in [1.82, 2.24) is 10.2 Å². The van der Waals surface area contributed by atoms with Gasteiger partial charge in [-0.3, -0.25) is 4.21 Å². The fraction of sp³-hybridized carbons (Fsp3) is 0.933. The van der Waals surface area contributed by atoms with E-state index in [0.717, 1.165) is 25.7 Å². The molecule has 1 saturated carbocycles. The summed E-state index contributed by atoms with van der Waals surface area (Å²) in [6.45, 7) is 6.52. The molecule has 0 bridgehead atoms. The first-order chi connectivity index (χ1) is 9.75. The van der Waals surface area contributed by atoms with Gasteiger partial charge >= 0.3 is 6.03 Å². The van der Waals surface area contributed by atoms with Gasteiger partial charge in [0.2, 0.25) is 0 Å². The van der Waals surface area contributed by atoms with Crippen molar-refractivity contribution in [2.45, 2.75) is 57.2 Å². The number of hydrogen-bond donors (Lipinski definition) is 2. The van der Waals surface area contributed by atoms with Crippen LogP contribution >= 0.6 is 0 Å². The van der Waals surface area contributed by atoms with Crippen LogP contribution in [0.4, 0.5) is 4.79 Å². The number of carbonyl (C=O) groups is 1. The summed E-state index contributed by atoms with van der Waals surface area (Å²) in [5.74, 6) is 0.882. The largest absolute Gasteiger partial charge is 0.396 e. The SMILES string of the molecule is CN(C(=O)NCCS(=O)C(C)(C)C)C1CCC(CO)CC1. The van der Waals surface area contributed by atoms with Crippen LogP contribution in [0.3, 0.4) is 0 Å². The van der Waals surface area contributed by atoms with Crippen molar-refractivity contribution >= 4 is 16.8 Å². The summed E-state index contributed by atoms with van der Waals surface area (Å²) in [6.07, 6.45) is 3.85. The van der Waals surface area contributed by atoms with Crippen molar-refractivity contribution in [1.29, 1.82) is 0 Å². The Kier molecular flexibility index (Phi) is 7.13. The standard InChI is InChI=1S/C15H30N2O3S/c1-15(2,3)21(20)10-9-16-14(19)17(4)13-7-5-12(11-18)6-8-13/h12-13,18H,5-11H2,1-4H3,(H,16,19). The molecule has 1 rings (SSSR count). The van der Waals surface area contributed by atoms with Crippen LogP contribution in [0.5, 0.6) is 0 Å². The van der Waals surface area contributed by atoms with Crippen molar-refractivity contribution in [3.05, 3.63) is 0 Å². The number of carbonyl (C=O) groups excluding carboxylic acids is 1. The molecule has 0 spiro atoms. The predicted molar refractivity (Wildman–Crippen MR) is 86.8 cm³/mol. The third-order valence-corrected chi connectivity index (χ3v) is 6.13. The first kappa shape index (κ1) is 18.4. The average molecular weight is 318 g/mol. The molecule has 0 aromatic heterocycles. The van der Waals surface area contributed by atoms with Gasteiger partial charge in [0, 0.05) is 47.5 Å². The molecule has 1 atom stereocenters. The maximum atomic E-state index is 12.1. The first-order valence-corrected chi connectivity index (χ1v) is 9.07. The summed E-state index contributed by atoms with van der Waals surface area (Å²) < 4.78 is 11.7. The van der Waals surface area contributed by atoms with Crippen LogP contribution < -0.4 is 5.32 Å². The minimum absolute atomic E-state index is 0.0895. The highest BCUT2D eigenvalue weighted by atomic mass is 32.2. The molecular weight excluding hydrogens is 288 g/mol. The zero-order valence-electron chi connectivity index (χ0n) is 13.7. The lowest BCUT2D eigenvalue weighted by atomic mass is 9.86. The van der Waals surface area contributed by atoms with E-state index >= 15 is 0 Å². The molecule has 5 nitrogen and oxygen atoms in total. The molecule has 2 N–H and O–H groups in total. The smallest absolute Gasteiger partial charge is 0.317 e. The van der Waals surface area contributed by atoms with Gasteiger partial charge in [-0.25, -0.2) is 4.79 Å². The number of nitrogens with one attached hydrogen (secondary N) is 1. The molecule has 0 saturated heterocycles. The molecular formula is C15H30N2O3S. The van der Waals surface area contributed by atoms with Crippen molar-refractivity contribution in [3.8, 4) is 0 Å². The Hall–Kier alpha value is -0.620. The second-order valence-electron chi connectivity index (χ2n) is 6.86. The van der Waals surface area contributed by atoms with Gasteiger partial charge in [-0.15, -0.1) is 0 Å². The molecule has 6 heteroatoms. The van der Waals surface area contributed by atoms with Gasteiger partial charge in [0.25, 0.3) is 0 Å². The first-order valence-electron chi connectivity index (χ1n) is 7.75. The zero-order valence-corrected chi connectivity index (χ0v) is 14.5. The van der Waals surface area contributed by atoms with Gasteiger partial charge in [0.05, 0.1) is 0 Å². The molecule has 0 radical (unpaired) electrons. The summed E-state index contributed by atoms with van der Waals surface area (Å²) in [6, 6.07) is 0.161. The van der Waals surface area contributed by atoms with Gasteiger partial charge < -0.3 is 15.3 Å². The Morgan fingerprint density at radius 3 is 2.33 bits per heavy atom. The van der Waals surface area contributed by atoms with E-state index < -0.39 is 10.8 Å². The van der Waals surface area contributed by atoms with E-state index in [4.69, 9.17) is 5.11 Å². The Bertz CT molecular complexity index is 360. The van der Waals surface area contributed by atoms with Crippen LogP contribution in [-0.2, 0) is 10.8 Å². The maximum Gasteiger partial charge on any atom is 0.317 e. The van der Waals surface area contributed by atoms with Gasteiger partial charge in [-0.2, -0.15) is 0 Å².